The van der Waals surface area contributed by atoms with Crippen molar-refractivity contribution in [2.45, 2.75) is 11.4 Å². The summed E-state index contributed by atoms with van der Waals surface area (Å²) < 4.78 is 24.6. The van der Waals surface area contributed by atoms with Crippen molar-refractivity contribution in [3.63, 3.8) is 0 Å². The maximum absolute atomic E-state index is 11.4. The average molecular weight is 335 g/mol. The van der Waals surface area contributed by atoms with Crippen LogP contribution in [0.5, 0.6) is 0 Å². The second kappa shape index (κ2) is 5.61. The summed E-state index contributed by atoms with van der Waals surface area (Å²) in [6, 6.07) is 4.58. The van der Waals surface area contributed by atoms with Crippen molar-refractivity contribution in [1.82, 2.24) is 9.55 Å². The molecule has 0 spiro atoms. The number of rotatable bonds is 4. The van der Waals surface area contributed by atoms with Crippen molar-refractivity contribution >= 4 is 39.0 Å². The monoisotopic (exact) mass is 334 g/mol. The number of aromatic nitrogens is 2. The molecule has 2 aromatic heterocycles. The fraction of sp³-hybridized carbons (Fsp3) is 0.182. The average Bonchev–Trinajstić information content (AvgIpc) is 2.63. The lowest BCUT2D eigenvalue weighted by Crippen LogP contribution is -2.16. The number of nitrogens with two attached hydrogens (primary N) is 1. The molecule has 0 atom stereocenters. The van der Waals surface area contributed by atoms with Crippen LogP contribution in [0.1, 0.15) is 5.69 Å². The summed E-state index contributed by atoms with van der Waals surface area (Å²) in [5.41, 5.74) is 0.783. The van der Waals surface area contributed by atoms with Gasteiger partial charge in [-0.15, -0.1) is 0 Å². The minimum absolute atomic E-state index is 0.0635. The number of hydrogen-bond acceptors (Lipinski definition) is 4. The van der Waals surface area contributed by atoms with Crippen LogP contribution in [0.3, 0.4) is 0 Å². The molecule has 0 aliphatic heterocycles. The highest BCUT2D eigenvalue weighted by Gasteiger charge is 2.15. The first-order valence-corrected chi connectivity index (χ1v) is 7.82. The molecule has 0 saturated carbocycles. The number of sulfonamides is 1. The molecule has 2 rings (SSSR count). The standard InChI is InChI=1S/C11H12Cl2N4O2S/c1-17-7(5-8(12)10(17)13)6-16-11-9(20(14,18)19)3-2-4-15-11/h2-5H,6H2,1H3,(H,15,16)(H2,14,18,19). The Bertz CT molecular complexity index is 743. The Hall–Kier alpha value is -1.28. The van der Waals surface area contributed by atoms with Gasteiger partial charge >= 0.3 is 0 Å². The van der Waals surface area contributed by atoms with E-state index in [1.807, 2.05) is 0 Å². The lowest BCUT2D eigenvalue weighted by atomic mass is 10.4. The molecule has 0 unspecified atom stereocenters. The summed E-state index contributed by atoms with van der Waals surface area (Å²) in [6.07, 6.45) is 1.47. The van der Waals surface area contributed by atoms with E-state index in [9.17, 15) is 8.42 Å². The first-order chi connectivity index (χ1) is 9.30. The van der Waals surface area contributed by atoms with Gasteiger partial charge in [-0.25, -0.2) is 18.5 Å². The van der Waals surface area contributed by atoms with Crippen LogP contribution in [-0.2, 0) is 23.6 Å². The molecule has 0 aliphatic carbocycles. The minimum Gasteiger partial charge on any atom is -0.363 e. The Balaban J connectivity index is 2.26. The molecule has 0 aliphatic rings. The Morgan fingerprint density at radius 3 is 2.70 bits per heavy atom. The van der Waals surface area contributed by atoms with Gasteiger partial charge in [0.15, 0.2) is 0 Å². The van der Waals surface area contributed by atoms with Gasteiger partial charge in [-0.2, -0.15) is 0 Å². The molecule has 20 heavy (non-hydrogen) atoms. The Morgan fingerprint density at radius 1 is 1.45 bits per heavy atom. The number of nitrogens with one attached hydrogen (secondary N) is 1. The number of pyridine rings is 1. The quantitative estimate of drug-likeness (QED) is 0.894. The van der Waals surface area contributed by atoms with Crippen LogP contribution in [0.2, 0.25) is 10.2 Å². The molecule has 9 heteroatoms. The molecule has 6 nitrogen and oxygen atoms in total. The molecule has 108 valence electrons. The lowest BCUT2D eigenvalue weighted by molar-refractivity contribution is 0.597. The van der Waals surface area contributed by atoms with Gasteiger partial charge in [0.05, 0.1) is 11.6 Å². The minimum atomic E-state index is -3.83. The predicted octanol–water partition coefficient (Wildman–Crippen LogP) is 1.99. The summed E-state index contributed by atoms with van der Waals surface area (Å²) in [6.45, 7) is 0.308. The van der Waals surface area contributed by atoms with E-state index in [1.54, 1.807) is 17.7 Å². The maximum atomic E-state index is 11.4. The van der Waals surface area contributed by atoms with Crippen molar-refractivity contribution in [2.24, 2.45) is 12.2 Å². The summed E-state index contributed by atoms with van der Waals surface area (Å²) in [7, 11) is -2.08. The highest BCUT2D eigenvalue weighted by Crippen LogP contribution is 2.26. The molecule has 0 saturated heterocycles. The predicted molar refractivity (Wildman–Crippen MR) is 78.4 cm³/mol. The number of nitrogens with zero attached hydrogens (tertiary/aromatic N) is 2. The highest BCUT2D eigenvalue weighted by atomic mass is 35.5. The second-order valence-electron chi connectivity index (χ2n) is 4.08. The van der Waals surface area contributed by atoms with Gasteiger partial charge in [0.2, 0.25) is 10.0 Å². The molecule has 0 amide bonds. The van der Waals surface area contributed by atoms with Gasteiger partial charge in [0.25, 0.3) is 0 Å². The van der Waals surface area contributed by atoms with Crippen LogP contribution in [-0.4, -0.2) is 18.0 Å². The lowest BCUT2D eigenvalue weighted by Gasteiger charge is -2.10. The Morgan fingerprint density at radius 2 is 2.15 bits per heavy atom. The van der Waals surface area contributed by atoms with Crippen molar-refractivity contribution in [1.29, 1.82) is 0 Å². The van der Waals surface area contributed by atoms with Crippen LogP contribution in [0.15, 0.2) is 29.3 Å². The van der Waals surface area contributed by atoms with Crippen LogP contribution >= 0.6 is 23.2 Å². The van der Waals surface area contributed by atoms with Gasteiger partial charge in [0, 0.05) is 18.9 Å². The molecule has 0 aromatic carbocycles. The van der Waals surface area contributed by atoms with Gasteiger partial charge in [-0.1, -0.05) is 23.2 Å². The van der Waals surface area contributed by atoms with E-state index in [0.717, 1.165) is 5.69 Å². The Kier molecular flexibility index (Phi) is 4.24. The molecule has 0 radical (unpaired) electrons. The van der Waals surface area contributed by atoms with Crippen molar-refractivity contribution in [2.75, 3.05) is 5.32 Å². The van der Waals surface area contributed by atoms with Gasteiger partial charge in [-0.05, 0) is 18.2 Å². The van der Waals surface area contributed by atoms with E-state index in [-0.39, 0.29) is 10.7 Å². The number of halogens is 2. The van der Waals surface area contributed by atoms with Gasteiger partial charge in [-0.3, -0.25) is 0 Å². The van der Waals surface area contributed by atoms with E-state index < -0.39 is 10.0 Å². The zero-order chi connectivity index (χ0) is 14.9. The van der Waals surface area contributed by atoms with E-state index in [0.29, 0.717) is 16.7 Å². The maximum Gasteiger partial charge on any atom is 0.241 e. The topological polar surface area (TPSA) is 90.0 Å². The van der Waals surface area contributed by atoms with Crippen LogP contribution in [0.4, 0.5) is 5.82 Å². The molecular weight excluding hydrogens is 323 g/mol. The third-order valence-corrected chi connectivity index (χ3v) is 4.51. The second-order valence-corrected chi connectivity index (χ2v) is 6.38. The first-order valence-electron chi connectivity index (χ1n) is 5.52. The third-order valence-electron chi connectivity index (χ3n) is 2.73. The third kappa shape index (κ3) is 3.06. The molecule has 3 N–H and O–H groups in total. The molecule has 0 fully saturated rings. The van der Waals surface area contributed by atoms with Crippen molar-refractivity contribution in [3.05, 3.63) is 40.3 Å². The number of hydrogen-bond donors (Lipinski definition) is 2. The zero-order valence-electron chi connectivity index (χ0n) is 10.5. The van der Waals surface area contributed by atoms with E-state index in [1.165, 1.54) is 18.3 Å². The summed E-state index contributed by atoms with van der Waals surface area (Å²) >= 11 is 11.9. The molecular formula is C11H12Cl2N4O2S. The fourth-order valence-corrected chi connectivity index (χ4v) is 2.76. The van der Waals surface area contributed by atoms with E-state index in [4.69, 9.17) is 28.3 Å². The van der Waals surface area contributed by atoms with Gasteiger partial charge in [0.1, 0.15) is 15.9 Å². The highest BCUT2D eigenvalue weighted by molar-refractivity contribution is 7.89. The fourth-order valence-electron chi connectivity index (χ4n) is 1.69. The zero-order valence-corrected chi connectivity index (χ0v) is 12.8. The van der Waals surface area contributed by atoms with Gasteiger partial charge < -0.3 is 9.88 Å². The van der Waals surface area contributed by atoms with Crippen molar-refractivity contribution in [3.8, 4) is 0 Å². The first kappa shape index (κ1) is 15.1. The SMILES string of the molecule is Cn1c(CNc2ncccc2S(N)(=O)=O)cc(Cl)c1Cl. The van der Waals surface area contributed by atoms with E-state index >= 15 is 0 Å². The smallest absolute Gasteiger partial charge is 0.241 e. The molecule has 2 heterocycles. The van der Waals surface area contributed by atoms with Crippen molar-refractivity contribution < 1.29 is 8.42 Å². The van der Waals surface area contributed by atoms with Crippen LogP contribution in [0, 0.1) is 0 Å². The number of anilines is 1. The summed E-state index contributed by atoms with van der Waals surface area (Å²) in [5.74, 6) is 0.184. The normalized spacial score (nSPS) is 11.6. The summed E-state index contributed by atoms with van der Waals surface area (Å²) in [5, 5.41) is 8.88. The number of primary sulfonamides is 1. The van der Waals surface area contributed by atoms with E-state index in [2.05, 4.69) is 10.3 Å². The Labute approximate surface area is 126 Å². The van der Waals surface area contributed by atoms with Crippen LogP contribution < -0.4 is 10.5 Å². The largest absolute Gasteiger partial charge is 0.363 e. The molecule has 0 bridgehead atoms. The summed E-state index contributed by atoms with van der Waals surface area (Å²) in [4.78, 5) is 3.91. The van der Waals surface area contributed by atoms with Crippen LogP contribution in [0.25, 0.3) is 0 Å². The molecule has 2 aromatic rings.